The molecule has 4 nitrogen and oxygen atoms in total. The molecule has 0 bridgehead atoms. The maximum Gasteiger partial charge on any atom is 0.172 e. The zero-order chi connectivity index (χ0) is 16.4. The second-order valence-electron chi connectivity index (χ2n) is 4.31. The summed E-state index contributed by atoms with van der Waals surface area (Å²) in [5.41, 5.74) is 1.04. The van der Waals surface area contributed by atoms with Crippen LogP contribution in [0, 0.1) is 0 Å². The molecule has 2 aromatic rings. The van der Waals surface area contributed by atoms with Crippen LogP contribution < -0.4 is 0 Å². The van der Waals surface area contributed by atoms with Gasteiger partial charge in [0.25, 0.3) is 0 Å². The molecule has 1 aromatic carbocycles. The first-order valence-electron chi connectivity index (χ1n) is 6.81. The standard InChI is InChI=1S/C12H13O3PS.C4H8O/c1-2-15-16(14)8-9-3-4-12-10(5-9)6-11(7-13)17-12;1-3-4-5-2/h3-7,14H,2,8H2,1H3;3H,1,4H2,2H3. The van der Waals surface area contributed by atoms with E-state index in [4.69, 9.17) is 4.52 Å². The summed E-state index contributed by atoms with van der Waals surface area (Å²) in [6.45, 7) is 6.47. The number of hydrogen-bond donors (Lipinski definition) is 1. The summed E-state index contributed by atoms with van der Waals surface area (Å²) >= 11 is 1.48. The number of rotatable bonds is 7. The van der Waals surface area contributed by atoms with Crippen LogP contribution in [0.4, 0.5) is 0 Å². The number of hydrogen-bond acceptors (Lipinski definition) is 5. The number of fused-ring (bicyclic) bond motifs is 1. The Bertz CT molecular complexity index is 597. The van der Waals surface area contributed by atoms with Crippen molar-refractivity contribution in [3.05, 3.63) is 47.4 Å². The van der Waals surface area contributed by atoms with E-state index in [1.54, 1.807) is 13.2 Å². The van der Waals surface area contributed by atoms with E-state index in [2.05, 4.69) is 11.3 Å². The van der Waals surface area contributed by atoms with Gasteiger partial charge in [0, 0.05) is 18.0 Å². The van der Waals surface area contributed by atoms with Crippen LogP contribution in [-0.4, -0.2) is 31.5 Å². The molecule has 0 saturated heterocycles. The number of carbonyl (C=O) groups is 1. The fraction of sp³-hybridized carbons (Fsp3) is 0.312. The Hall–Kier alpha value is -1.10. The number of aldehydes is 1. The lowest BCUT2D eigenvalue weighted by atomic mass is 10.2. The fourth-order valence-electron chi connectivity index (χ4n) is 1.74. The van der Waals surface area contributed by atoms with Crippen molar-refractivity contribution < 1.29 is 18.9 Å². The first kappa shape index (κ1) is 18.9. The molecule has 0 aliphatic heterocycles. The maximum absolute atomic E-state index is 10.7. The first-order valence-corrected chi connectivity index (χ1v) is 9.02. The van der Waals surface area contributed by atoms with Gasteiger partial charge >= 0.3 is 0 Å². The Kier molecular flexibility index (Phi) is 9.13. The molecule has 1 atom stereocenters. The van der Waals surface area contributed by atoms with E-state index in [-0.39, 0.29) is 0 Å². The van der Waals surface area contributed by atoms with Crippen molar-refractivity contribution in [2.24, 2.45) is 0 Å². The largest absolute Gasteiger partial charge is 0.381 e. The van der Waals surface area contributed by atoms with E-state index in [0.717, 1.165) is 26.8 Å². The Balaban J connectivity index is 0.000000422. The summed E-state index contributed by atoms with van der Waals surface area (Å²) in [6.07, 6.45) is 3.11. The third kappa shape index (κ3) is 6.34. The van der Waals surface area contributed by atoms with E-state index in [1.165, 1.54) is 11.3 Å². The van der Waals surface area contributed by atoms with Crippen LogP contribution >= 0.6 is 19.7 Å². The molecule has 0 saturated carbocycles. The summed E-state index contributed by atoms with van der Waals surface area (Å²) < 4.78 is 10.8. The third-order valence-corrected chi connectivity index (χ3v) is 4.83. The molecule has 0 radical (unpaired) electrons. The zero-order valence-corrected chi connectivity index (χ0v) is 14.5. The molecule has 120 valence electrons. The SMILES string of the molecule is C=CCOC.CCOP(O)Cc1ccc2sc(C=O)cc2c1. The van der Waals surface area contributed by atoms with Gasteiger partial charge in [0.2, 0.25) is 0 Å². The highest BCUT2D eigenvalue weighted by Crippen LogP contribution is 2.37. The number of methoxy groups -OCH3 is 1. The summed E-state index contributed by atoms with van der Waals surface area (Å²) in [5.74, 6) is 0. The molecule has 0 amide bonds. The van der Waals surface area contributed by atoms with Gasteiger partial charge in [-0.3, -0.25) is 4.79 Å². The van der Waals surface area contributed by atoms with Gasteiger partial charge < -0.3 is 14.2 Å². The van der Waals surface area contributed by atoms with Crippen LogP contribution in [0.1, 0.15) is 22.2 Å². The number of benzene rings is 1. The van der Waals surface area contributed by atoms with Gasteiger partial charge in [-0.25, -0.2) is 0 Å². The number of thiophene rings is 1. The van der Waals surface area contributed by atoms with Crippen molar-refractivity contribution in [3.8, 4) is 0 Å². The quantitative estimate of drug-likeness (QED) is 0.462. The van der Waals surface area contributed by atoms with Gasteiger partial charge in [-0.2, -0.15) is 0 Å². The molecule has 0 fully saturated rings. The topological polar surface area (TPSA) is 55.8 Å². The molecule has 2 rings (SSSR count). The van der Waals surface area contributed by atoms with Gasteiger partial charge in [-0.1, -0.05) is 12.1 Å². The van der Waals surface area contributed by atoms with E-state index in [0.29, 0.717) is 19.4 Å². The molecular weight excluding hydrogens is 319 g/mol. The van der Waals surface area contributed by atoms with Crippen molar-refractivity contribution in [1.29, 1.82) is 0 Å². The smallest absolute Gasteiger partial charge is 0.172 e. The lowest BCUT2D eigenvalue weighted by Gasteiger charge is -2.08. The van der Waals surface area contributed by atoms with Crippen molar-refractivity contribution in [3.63, 3.8) is 0 Å². The monoisotopic (exact) mass is 340 g/mol. The Labute approximate surface area is 136 Å². The zero-order valence-electron chi connectivity index (χ0n) is 12.8. The normalized spacial score (nSPS) is 11.6. The molecule has 0 aliphatic carbocycles. The van der Waals surface area contributed by atoms with Gasteiger partial charge in [-0.05, 0) is 36.1 Å². The average Bonchev–Trinajstić information content (AvgIpc) is 2.91. The molecule has 1 N–H and O–H groups in total. The highest BCUT2D eigenvalue weighted by Gasteiger charge is 2.07. The predicted molar refractivity (Wildman–Crippen MR) is 93.8 cm³/mol. The Morgan fingerprint density at radius 3 is 2.73 bits per heavy atom. The van der Waals surface area contributed by atoms with Gasteiger partial charge in [0.15, 0.2) is 14.7 Å². The molecule has 0 spiro atoms. The van der Waals surface area contributed by atoms with E-state index < -0.39 is 8.38 Å². The molecule has 6 heteroatoms. The van der Waals surface area contributed by atoms with Gasteiger partial charge in [0.05, 0.1) is 18.1 Å². The predicted octanol–water partition coefficient (Wildman–Crippen LogP) is 4.37. The van der Waals surface area contributed by atoms with Crippen LogP contribution in [0.5, 0.6) is 0 Å². The molecule has 1 unspecified atom stereocenters. The van der Waals surface area contributed by atoms with Gasteiger partial charge in [0.1, 0.15) is 0 Å². The van der Waals surface area contributed by atoms with Crippen molar-refractivity contribution in [1.82, 2.24) is 0 Å². The first-order chi connectivity index (χ1) is 10.6. The fourth-order valence-corrected chi connectivity index (χ4v) is 3.50. The summed E-state index contributed by atoms with van der Waals surface area (Å²) in [7, 11) is 0.265. The molecule has 1 heterocycles. The second-order valence-corrected chi connectivity index (χ2v) is 6.70. The van der Waals surface area contributed by atoms with Crippen LogP contribution in [0.15, 0.2) is 36.9 Å². The minimum Gasteiger partial charge on any atom is -0.381 e. The van der Waals surface area contributed by atoms with Crippen molar-refractivity contribution >= 4 is 36.1 Å². The highest BCUT2D eigenvalue weighted by molar-refractivity contribution is 7.45. The maximum atomic E-state index is 10.7. The average molecular weight is 340 g/mol. The van der Waals surface area contributed by atoms with Crippen LogP contribution in [0.25, 0.3) is 10.1 Å². The summed E-state index contributed by atoms with van der Waals surface area (Å²) in [4.78, 5) is 21.0. The molecular formula is C16H21O4PS. The van der Waals surface area contributed by atoms with Crippen LogP contribution in [0.2, 0.25) is 0 Å². The highest BCUT2D eigenvalue weighted by atomic mass is 32.1. The summed E-state index contributed by atoms with van der Waals surface area (Å²) in [5, 5.41) is 1.05. The Morgan fingerprint density at radius 1 is 1.41 bits per heavy atom. The van der Waals surface area contributed by atoms with Crippen LogP contribution in [0.3, 0.4) is 0 Å². The van der Waals surface area contributed by atoms with E-state index >= 15 is 0 Å². The Morgan fingerprint density at radius 2 is 2.18 bits per heavy atom. The number of ether oxygens (including phenoxy) is 1. The summed E-state index contributed by atoms with van der Waals surface area (Å²) in [6, 6.07) is 7.83. The van der Waals surface area contributed by atoms with Gasteiger partial charge in [-0.15, -0.1) is 17.9 Å². The third-order valence-electron chi connectivity index (χ3n) is 2.60. The van der Waals surface area contributed by atoms with Crippen molar-refractivity contribution in [2.45, 2.75) is 13.1 Å². The minimum absolute atomic E-state index is 0.526. The van der Waals surface area contributed by atoms with Crippen molar-refractivity contribution in [2.75, 3.05) is 20.3 Å². The second kappa shape index (κ2) is 10.6. The molecule has 0 aliphatic rings. The molecule has 22 heavy (non-hydrogen) atoms. The lowest BCUT2D eigenvalue weighted by Crippen LogP contribution is -1.88. The minimum atomic E-state index is -1.38. The van der Waals surface area contributed by atoms with E-state index in [9.17, 15) is 9.69 Å². The molecule has 1 aromatic heterocycles. The lowest BCUT2D eigenvalue weighted by molar-refractivity contribution is 0.112. The number of carbonyl (C=O) groups excluding carboxylic acids is 1. The van der Waals surface area contributed by atoms with Crippen LogP contribution in [-0.2, 0) is 15.4 Å². The van der Waals surface area contributed by atoms with E-state index in [1.807, 2.05) is 31.2 Å².